The van der Waals surface area contributed by atoms with E-state index in [1.807, 2.05) is 61.6 Å². The highest BCUT2D eigenvalue weighted by Gasteiger charge is 2.10. The van der Waals surface area contributed by atoms with Crippen molar-refractivity contribution in [2.24, 2.45) is 5.92 Å². The molecule has 5 nitrogen and oxygen atoms in total. The lowest BCUT2D eigenvalue weighted by atomic mass is 10.0. The first-order valence-electron chi connectivity index (χ1n) is 9.16. The Hall–Kier alpha value is -3.08. The minimum atomic E-state index is -0.134. The van der Waals surface area contributed by atoms with Crippen LogP contribution in [0.1, 0.15) is 35.7 Å². The van der Waals surface area contributed by atoms with Crippen LogP contribution in [0, 0.1) is 5.92 Å². The number of carbonyl (C=O) groups is 1. The molecule has 0 bridgehead atoms. The van der Waals surface area contributed by atoms with Crippen molar-refractivity contribution in [2.75, 3.05) is 12.4 Å². The molecule has 3 rings (SSSR count). The Morgan fingerprint density at radius 2 is 1.85 bits per heavy atom. The fourth-order valence-electron chi connectivity index (χ4n) is 2.89. The number of nitrogens with zero attached hydrogens (tertiary/aromatic N) is 1. The molecule has 0 unspecified atom stereocenters. The molecule has 1 aromatic heterocycles. The smallest absolute Gasteiger partial charge is 0.251 e. The molecule has 0 atom stereocenters. The van der Waals surface area contributed by atoms with Gasteiger partial charge in [0.1, 0.15) is 0 Å². The van der Waals surface area contributed by atoms with Crippen molar-refractivity contribution in [3.8, 4) is 11.1 Å². The summed E-state index contributed by atoms with van der Waals surface area (Å²) >= 11 is 0. The Labute approximate surface area is 159 Å². The molecule has 0 fully saturated rings. The summed E-state index contributed by atoms with van der Waals surface area (Å²) in [5, 5.41) is 10.0. The third kappa shape index (κ3) is 4.97. The second-order valence-corrected chi connectivity index (χ2v) is 6.97. The number of anilines is 1. The number of benzene rings is 2. The van der Waals surface area contributed by atoms with Crippen LogP contribution in [0.15, 0.2) is 59.1 Å². The molecule has 5 heteroatoms. The van der Waals surface area contributed by atoms with Gasteiger partial charge in [-0.2, -0.15) is 0 Å². The first-order valence-corrected chi connectivity index (χ1v) is 9.16. The van der Waals surface area contributed by atoms with Crippen LogP contribution in [-0.2, 0) is 13.0 Å². The van der Waals surface area contributed by atoms with E-state index in [4.69, 9.17) is 4.52 Å². The number of aromatic nitrogens is 1. The standard InChI is InChI=1S/C22H25N3O2/c1-15(2)11-20-13-21(27-25-20)14-24-22(26)18-6-4-5-17(12-18)16-7-9-19(23-3)10-8-16/h4-10,12-13,15,23H,11,14H2,1-3H3,(H,24,26). The fraction of sp³-hybridized carbons (Fsp3) is 0.273. The van der Waals surface area contributed by atoms with E-state index in [0.29, 0.717) is 23.8 Å². The van der Waals surface area contributed by atoms with Crippen molar-refractivity contribution in [2.45, 2.75) is 26.8 Å². The van der Waals surface area contributed by atoms with Gasteiger partial charge < -0.3 is 15.2 Å². The summed E-state index contributed by atoms with van der Waals surface area (Å²) in [7, 11) is 1.89. The second kappa shape index (κ2) is 8.54. The van der Waals surface area contributed by atoms with Gasteiger partial charge in [-0.15, -0.1) is 0 Å². The van der Waals surface area contributed by atoms with Gasteiger partial charge in [-0.25, -0.2) is 0 Å². The van der Waals surface area contributed by atoms with Crippen LogP contribution >= 0.6 is 0 Å². The van der Waals surface area contributed by atoms with Gasteiger partial charge in [-0.05, 0) is 47.7 Å². The molecule has 0 aliphatic rings. The predicted molar refractivity (Wildman–Crippen MR) is 108 cm³/mol. The van der Waals surface area contributed by atoms with Crippen LogP contribution in [0.3, 0.4) is 0 Å². The highest BCUT2D eigenvalue weighted by atomic mass is 16.5. The van der Waals surface area contributed by atoms with E-state index >= 15 is 0 Å². The van der Waals surface area contributed by atoms with E-state index in [0.717, 1.165) is 28.9 Å². The first-order chi connectivity index (χ1) is 13.0. The number of amides is 1. The SMILES string of the molecule is CNc1ccc(-c2cccc(C(=O)NCc3cc(CC(C)C)no3)c2)cc1. The largest absolute Gasteiger partial charge is 0.388 e. The predicted octanol–water partition coefficient (Wildman–Crippen LogP) is 4.51. The van der Waals surface area contributed by atoms with Crippen molar-refractivity contribution in [1.82, 2.24) is 10.5 Å². The second-order valence-electron chi connectivity index (χ2n) is 6.97. The zero-order valence-electron chi connectivity index (χ0n) is 16.0. The number of carbonyl (C=O) groups excluding carboxylic acids is 1. The van der Waals surface area contributed by atoms with Gasteiger partial charge >= 0.3 is 0 Å². The third-order valence-corrected chi connectivity index (χ3v) is 4.28. The Balaban J connectivity index is 1.65. The van der Waals surface area contributed by atoms with Gasteiger partial charge in [0.05, 0.1) is 12.2 Å². The zero-order valence-corrected chi connectivity index (χ0v) is 16.0. The molecule has 27 heavy (non-hydrogen) atoms. The summed E-state index contributed by atoms with van der Waals surface area (Å²) in [6.07, 6.45) is 0.867. The Bertz CT molecular complexity index is 898. The normalized spacial score (nSPS) is 10.8. The summed E-state index contributed by atoms with van der Waals surface area (Å²) in [5.41, 5.74) is 4.66. The Kier molecular flexibility index (Phi) is 5.91. The number of rotatable bonds is 7. The molecule has 0 aliphatic heterocycles. The molecule has 0 spiro atoms. The maximum absolute atomic E-state index is 12.5. The molecular weight excluding hydrogens is 338 g/mol. The first kappa shape index (κ1) is 18.7. The van der Waals surface area contributed by atoms with Crippen LogP contribution in [0.5, 0.6) is 0 Å². The third-order valence-electron chi connectivity index (χ3n) is 4.28. The number of nitrogens with one attached hydrogen (secondary N) is 2. The molecule has 0 aliphatic carbocycles. The zero-order chi connectivity index (χ0) is 19.2. The van der Waals surface area contributed by atoms with E-state index in [2.05, 4.69) is 29.6 Å². The van der Waals surface area contributed by atoms with Crippen molar-refractivity contribution in [1.29, 1.82) is 0 Å². The molecule has 0 radical (unpaired) electrons. The van der Waals surface area contributed by atoms with Crippen LogP contribution in [-0.4, -0.2) is 18.1 Å². The van der Waals surface area contributed by atoms with E-state index in [1.165, 1.54) is 0 Å². The molecular formula is C22H25N3O2. The van der Waals surface area contributed by atoms with Crippen LogP contribution in [0.4, 0.5) is 5.69 Å². The summed E-state index contributed by atoms with van der Waals surface area (Å²) < 4.78 is 5.30. The average Bonchev–Trinajstić information content (AvgIpc) is 3.13. The van der Waals surface area contributed by atoms with E-state index in [9.17, 15) is 4.79 Å². The average molecular weight is 363 g/mol. The molecule has 2 N–H and O–H groups in total. The van der Waals surface area contributed by atoms with Gasteiger partial charge in [0.2, 0.25) is 0 Å². The number of hydrogen-bond donors (Lipinski definition) is 2. The van der Waals surface area contributed by atoms with Gasteiger partial charge in [0.15, 0.2) is 5.76 Å². The van der Waals surface area contributed by atoms with E-state index in [-0.39, 0.29) is 5.91 Å². The van der Waals surface area contributed by atoms with E-state index in [1.54, 1.807) is 0 Å². The minimum Gasteiger partial charge on any atom is -0.388 e. The molecule has 1 heterocycles. The summed E-state index contributed by atoms with van der Waals surface area (Å²) in [6.45, 7) is 4.59. The highest BCUT2D eigenvalue weighted by molar-refractivity contribution is 5.95. The van der Waals surface area contributed by atoms with Crippen molar-refractivity contribution >= 4 is 11.6 Å². The molecule has 2 aromatic carbocycles. The highest BCUT2D eigenvalue weighted by Crippen LogP contribution is 2.22. The van der Waals surface area contributed by atoms with Crippen LogP contribution in [0.2, 0.25) is 0 Å². The lowest BCUT2D eigenvalue weighted by Gasteiger charge is -2.07. The maximum atomic E-state index is 12.5. The topological polar surface area (TPSA) is 67.2 Å². The van der Waals surface area contributed by atoms with Gasteiger partial charge in [0.25, 0.3) is 5.91 Å². The number of hydrogen-bond acceptors (Lipinski definition) is 4. The molecule has 0 saturated carbocycles. The summed E-state index contributed by atoms with van der Waals surface area (Å²) in [6, 6.07) is 17.6. The molecule has 140 valence electrons. The minimum absolute atomic E-state index is 0.134. The summed E-state index contributed by atoms with van der Waals surface area (Å²) in [5.74, 6) is 1.05. The molecule has 1 amide bonds. The van der Waals surface area contributed by atoms with Crippen LogP contribution in [0.25, 0.3) is 11.1 Å². The maximum Gasteiger partial charge on any atom is 0.251 e. The van der Waals surface area contributed by atoms with E-state index < -0.39 is 0 Å². The van der Waals surface area contributed by atoms with Gasteiger partial charge in [-0.1, -0.05) is 43.3 Å². The Morgan fingerprint density at radius 3 is 2.56 bits per heavy atom. The van der Waals surface area contributed by atoms with Gasteiger partial charge in [-0.3, -0.25) is 4.79 Å². The monoisotopic (exact) mass is 363 g/mol. The molecule has 0 saturated heterocycles. The lowest BCUT2D eigenvalue weighted by molar-refractivity contribution is 0.0947. The van der Waals surface area contributed by atoms with Crippen LogP contribution < -0.4 is 10.6 Å². The van der Waals surface area contributed by atoms with Crippen molar-refractivity contribution < 1.29 is 9.32 Å². The molecule has 3 aromatic rings. The fourth-order valence-corrected chi connectivity index (χ4v) is 2.89. The van der Waals surface area contributed by atoms with Crippen molar-refractivity contribution in [3.05, 3.63) is 71.6 Å². The quantitative estimate of drug-likeness (QED) is 0.648. The van der Waals surface area contributed by atoms with Crippen molar-refractivity contribution in [3.63, 3.8) is 0 Å². The summed E-state index contributed by atoms with van der Waals surface area (Å²) in [4.78, 5) is 12.5. The lowest BCUT2D eigenvalue weighted by Crippen LogP contribution is -2.22. The Morgan fingerprint density at radius 1 is 1.07 bits per heavy atom. The van der Waals surface area contributed by atoms with Gasteiger partial charge in [0, 0.05) is 24.4 Å².